The SMILES string of the molecule is Cc1ccc(C)n1-c1ccc(Cl)c(C(=O)NN=Cc2cccn2-c2ccccc2)c1. The number of aryl methyl sites for hydroxylation is 2. The van der Waals surface area contributed by atoms with Gasteiger partial charge in [0, 0.05) is 29.0 Å². The Labute approximate surface area is 180 Å². The molecule has 4 rings (SSSR count). The number of amides is 1. The molecule has 150 valence electrons. The molecule has 0 spiro atoms. The van der Waals surface area contributed by atoms with E-state index in [1.165, 1.54) is 0 Å². The number of nitrogens with zero attached hydrogens (tertiary/aromatic N) is 3. The molecule has 2 aromatic heterocycles. The van der Waals surface area contributed by atoms with Crippen molar-refractivity contribution in [3.8, 4) is 11.4 Å². The summed E-state index contributed by atoms with van der Waals surface area (Å²) in [6, 6.07) is 23.3. The van der Waals surface area contributed by atoms with Gasteiger partial charge in [-0.3, -0.25) is 4.79 Å². The summed E-state index contributed by atoms with van der Waals surface area (Å²) in [5.41, 5.74) is 7.87. The standard InChI is InChI=1S/C24H21ClN4O/c1-17-10-11-18(2)29(17)20-12-13-23(25)22(15-20)24(30)27-26-16-21-9-6-14-28(21)19-7-4-3-5-8-19/h3-16H,1-2H3,(H,27,30). The number of halogens is 1. The summed E-state index contributed by atoms with van der Waals surface area (Å²) in [6.45, 7) is 4.04. The summed E-state index contributed by atoms with van der Waals surface area (Å²) in [5.74, 6) is -0.363. The van der Waals surface area contributed by atoms with Crippen LogP contribution in [0.25, 0.3) is 11.4 Å². The van der Waals surface area contributed by atoms with Gasteiger partial charge in [0.2, 0.25) is 0 Å². The van der Waals surface area contributed by atoms with Crippen molar-refractivity contribution in [3.63, 3.8) is 0 Å². The fourth-order valence-electron chi connectivity index (χ4n) is 3.44. The van der Waals surface area contributed by atoms with E-state index in [4.69, 9.17) is 11.6 Å². The average molecular weight is 417 g/mol. The molecule has 0 aliphatic carbocycles. The van der Waals surface area contributed by atoms with Crippen molar-refractivity contribution >= 4 is 23.7 Å². The van der Waals surface area contributed by atoms with Crippen LogP contribution in [-0.2, 0) is 0 Å². The van der Waals surface area contributed by atoms with Crippen LogP contribution >= 0.6 is 11.6 Å². The lowest BCUT2D eigenvalue weighted by Crippen LogP contribution is -2.19. The first-order valence-electron chi connectivity index (χ1n) is 9.55. The summed E-state index contributed by atoms with van der Waals surface area (Å²) in [5, 5.41) is 4.51. The highest BCUT2D eigenvalue weighted by Gasteiger charge is 2.13. The minimum absolute atomic E-state index is 0.363. The quantitative estimate of drug-likeness (QED) is 0.348. The summed E-state index contributed by atoms with van der Waals surface area (Å²) < 4.78 is 4.06. The van der Waals surface area contributed by atoms with Gasteiger partial charge < -0.3 is 9.13 Å². The minimum Gasteiger partial charge on any atom is -0.318 e. The fourth-order valence-corrected chi connectivity index (χ4v) is 3.65. The predicted octanol–water partition coefficient (Wildman–Crippen LogP) is 5.30. The first kappa shape index (κ1) is 19.7. The molecule has 0 radical (unpaired) electrons. The smallest absolute Gasteiger partial charge is 0.272 e. The Morgan fingerprint density at radius 2 is 1.67 bits per heavy atom. The monoisotopic (exact) mass is 416 g/mol. The van der Waals surface area contributed by atoms with E-state index < -0.39 is 0 Å². The zero-order valence-corrected chi connectivity index (χ0v) is 17.5. The maximum Gasteiger partial charge on any atom is 0.272 e. The van der Waals surface area contributed by atoms with E-state index in [9.17, 15) is 4.79 Å². The molecule has 4 aromatic rings. The molecule has 0 unspecified atom stereocenters. The average Bonchev–Trinajstić information content (AvgIpc) is 3.35. The predicted molar refractivity (Wildman–Crippen MR) is 121 cm³/mol. The van der Waals surface area contributed by atoms with Gasteiger partial charge in [0.15, 0.2) is 0 Å². The third-order valence-electron chi connectivity index (χ3n) is 4.90. The van der Waals surface area contributed by atoms with Gasteiger partial charge in [0.05, 0.1) is 22.5 Å². The molecule has 1 N–H and O–H groups in total. The second-order valence-electron chi connectivity index (χ2n) is 6.95. The molecule has 0 fully saturated rings. The Kier molecular flexibility index (Phi) is 5.55. The van der Waals surface area contributed by atoms with Crippen LogP contribution in [-0.4, -0.2) is 21.3 Å². The van der Waals surface area contributed by atoms with Crippen molar-refractivity contribution in [2.45, 2.75) is 13.8 Å². The fraction of sp³-hybridized carbons (Fsp3) is 0.0833. The third-order valence-corrected chi connectivity index (χ3v) is 5.23. The van der Waals surface area contributed by atoms with Crippen molar-refractivity contribution in [2.75, 3.05) is 0 Å². The van der Waals surface area contributed by atoms with Crippen molar-refractivity contribution in [3.05, 3.63) is 107 Å². The van der Waals surface area contributed by atoms with Crippen molar-refractivity contribution in [1.29, 1.82) is 0 Å². The molecule has 0 saturated heterocycles. The van der Waals surface area contributed by atoms with Gasteiger partial charge in [-0.2, -0.15) is 5.10 Å². The van der Waals surface area contributed by atoms with Gasteiger partial charge in [0.1, 0.15) is 0 Å². The van der Waals surface area contributed by atoms with Crippen molar-refractivity contribution < 1.29 is 4.79 Å². The van der Waals surface area contributed by atoms with Crippen molar-refractivity contribution in [2.24, 2.45) is 5.10 Å². The summed E-state index contributed by atoms with van der Waals surface area (Å²) in [6.07, 6.45) is 3.56. The Morgan fingerprint density at radius 1 is 0.933 bits per heavy atom. The topological polar surface area (TPSA) is 51.3 Å². The molecule has 0 bridgehead atoms. The van der Waals surface area contributed by atoms with Crippen LogP contribution in [0.5, 0.6) is 0 Å². The molecule has 2 aromatic carbocycles. The lowest BCUT2D eigenvalue weighted by molar-refractivity contribution is 0.0955. The van der Waals surface area contributed by atoms with Gasteiger partial charge in [-0.05, 0) is 68.4 Å². The highest BCUT2D eigenvalue weighted by atomic mass is 35.5. The third kappa shape index (κ3) is 3.93. The van der Waals surface area contributed by atoms with Crippen LogP contribution < -0.4 is 5.43 Å². The molecule has 0 saturated carbocycles. The lowest BCUT2D eigenvalue weighted by Gasteiger charge is -2.12. The van der Waals surface area contributed by atoms with Gasteiger partial charge >= 0.3 is 0 Å². The number of hydrogen-bond acceptors (Lipinski definition) is 2. The summed E-state index contributed by atoms with van der Waals surface area (Å²) >= 11 is 6.29. The van der Waals surface area contributed by atoms with Crippen LogP contribution in [0, 0.1) is 13.8 Å². The van der Waals surface area contributed by atoms with E-state index in [0.29, 0.717) is 10.6 Å². The molecule has 0 aliphatic heterocycles. The highest BCUT2D eigenvalue weighted by molar-refractivity contribution is 6.33. The van der Waals surface area contributed by atoms with Gasteiger partial charge in [-0.1, -0.05) is 29.8 Å². The van der Waals surface area contributed by atoms with E-state index in [2.05, 4.69) is 15.1 Å². The molecule has 2 heterocycles. The highest BCUT2D eigenvalue weighted by Crippen LogP contribution is 2.23. The maximum atomic E-state index is 12.7. The second kappa shape index (κ2) is 8.43. The molecule has 30 heavy (non-hydrogen) atoms. The summed E-state index contributed by atoms with van der Waals surface area (Å²) in [4.78, 5) is 12.7. The Balaban J connectivity index is 1.54. The molecular weight excluding hydrogens is 396 g/mol. The van der Waals surface area contributed by atoms with Crippen LogP contribution in [0.15, 0.2) is 84.1 Å². The number of carbonyl (C=O) groups excluding carboxylic acids is 1. The first-order chi connectivity index (χ1) is 14.5. The number of hydrogen-bond donors (Lipinski definition) is 1. The zero-order chi connectivity index (χ0) is 21.1. The Morgan fingerprint density at radius 3 is 2.40 bits per heavy atom. The molecule has 6 heteroatoms. The zero-order valence-electron chi connectivity index (χ0n) is 16.7. The number of carbonyl (C=O) groups is 1. The summed E-state index contributed by atoms with van der Waals surface area (Å²) in [7, 11) is 0. The molecule has 1 amide bonds. The molecule has 0 atom stereocenters. The number of para-hydroxylation sites is 1. The van der Waals surface area contributed by atoms with Crippen LogP contribution in [0.3, 0.4) is 0 Å². The van der Waals surface area contributed by atoms with Gasteiger partial charge in [-0.25, -0.2) is 5.43 Å². The number of benzene rings is 2. The second-order valence-corrected chi connectivity index (χ2v) is 7.36. The molecular formula is C24H21ClN4O. The van der Waals surface area contributed by atoms with E-state index in [-0.39, 0.29) is 5.91 Å². The minimum atomic E-state index is -0.363. The van der Waals surface area contributed by atoms with E-state index in [1.54, 1.807) is 18.3 Å². The van der Waals surface area contributed by atoms with E-state index in [0.717, 1.165) is 28.5 Å². The Bertz CT molecular complexity index is 1200. The molecule has 5 nitrogen and oxygen atoms in total. The molecule has 0 aliphatic rings. The van der Waals surface area contributed by atoms with E-state index in [1.807, 2.05) is 85.3 Å². The normalized spacial score (nSPS) is 11.2. The van der Waals surface area contributed by atoms with Crippen molar-refractivity contribution in [1.82, 2.24) is 14.6 Å². The number of hydrazone groups is 1. The maximum absolute atomic E-state index is 12.7. The van der Waals surface area contributed by atoms with Crippen LogP contribution in [0.1, 0.15) is 27.4 Å². The first-order valence-corrected chi connectivity index (χ1v) is 9.93. The van der Waals surface area contributed by atoms with E-state index >= 15 is 0 Å². The number of rotatable bonds is 5. The largest absolute Gasteiger partial charge is 0.318 e. The van der Waals surface area contributed by atoms with Crippen LogP contribution in [0.4, 0.5) is 0 Å². The van der Waals surface area contributed by atoms with Gasteiger partial charge in [0.25, 0.3) is 5.91 Å². The van der Waals surface area contributed by atoms with Gasteiger partial charge in [-0.15, -0.1) is 0 Å². The number of aromatic nitrogens is 2. The van der Waals surface area contributed by atoms with Crippen LogP contribution in [0.2, 0.25) is 5.02 Å². The number of nitrogens with one attached hydrogen (secondary N) is 1. The lowest BCUT2D eigenvalue weighted by atomic mass is 10.2. The Hall–Kier alpha value is -3.57.